The molecule has 1 aliphatic heterocycles. The monoisotopic (exact) mass is 360 g/mol. The largest absolute Gasteiger partial charge is 0.354 e. The van der Waals surface area contributed by atoms with Gasteiger partial charge in [-0.15, -0.1) is 0 Å². The van der Waals surface area contributed by atoms with Crippen molar-refractivity contribution in [1.29, 1.82) is 0 Å². The van der Waals surface area contributed by atoms with Gasteiger partial charge >= 0.3 is 0 Å². The van der Waals surface area contributed by atoms with E-state index in [9.17, 15) is 4.79 Å². The van der Waals surface area contributed by atoms with Crippen molar-refractivity contribution >= 4 is 28.2 Å². The van der Waals surface area contributed by atoms with E-state index in [4.69, 9.17) is 0 Å². The van der Waals surface area contributed by atoms with Crippen molar-refractivity contribution < 1.29 is 4.79 Å². The Morgan fingerprint density at radius 3 is 2.48 bits per heavy atom. The Morgan fingerprint density at radius 1 is 0.963 bits per heavy atom. The van der Waals surface area contributed by atoms with Crippen LogP contribution < -0.4 is 10.2 Å². The van der Waals surface area contributed by atoms with Gasteiger partial charge in [0.15, 0.2) is 0 Å². The maximum atomic E-state index is 12.8. The molecule has 1 saturated heterocycles. The number of benzene rings is 2. The van der Waals surface area contributed by atoms with Crippen LogP contribution in [0.15, 0.2) is 66.9 Å². The van der Waals surface area contributed by atoms with E-state index in [1.165, 1.54) is 0 Å². The topological polar surface area (TPSA) is 48.5 Å². The summed E-state index contributed by atoms with van der Waals surface area (Å²) in [5.74, 6) is 1.04. The van der Waals surface area contributed by atoms with Crippen molar-refractivity contribution in [2.24, 2.45) is 0 Å². The third-order valence-corrected chi connectivity index (χ3v) is 5.26. The first kappa shape index (κ1) is 17.5. The Bertz CT molecular complexity index is 915. The van der Waals surface area contributed by atoms with Gasteiger partial charge in [0.2, 0.25) is 5.91 Å². The molecule has 0 aliphatic carbocycles. The van der Waals surface area contributed by atoms with E-state index in [1.807, 2.05) is 61.7 Å². The lowest BCUT2D eigenvalue weighted by Crippen LogP contribution is -2.53. The third-order valence-electron chi connectivity index (χ3n) is 5.26. The van der Waals surface area contributed by atoms with Crippen molar-refractivity contribution in [3.05, 3.63) is 66.9 Å². The van der Waals surface area contributed by atoms with Crippen molar-refractivity contribution in [3.8, 4) is 0 Å². The van der Waals surface area contributed by atoms with Crippen LogP contribution in [0, 0.1) is 0 Å². The zero-order valence-electron chi connectivity index (χ0n) is 15.5. The van der Waals surface area contributed by atoms with Crippen LogP contribution in [0.3, 0.4) is 0 Å². The Balaban J connectivity index is 1.40. The van der Waals surface area contributed by atoms with Gasteiger partial charge in [0.05, 0.1) is 6.04 Å². The second-order valence-corrected chi connectivity index (χ2v) is 6.90. The molecule has 3 aromatic rings. The molecule has 2 heterocycles. The van der Waals surface area contributed by atoms with Gasteiger partial charge < -0.3 is 10.2 Å². The number of nitrogens with one attached hydrogen (secondary N) is 1. The van der Waals surface area contributed by atoms with Gasteiger partial charge in [0.25, 0.3) is 0 Å². The quantitative estimate of drug-likeness (QED) is 0.775. The fourth-order valence-electron chi connectivity index (χ4n) is 3.62. The van der Waals surface area contributed by atoms with E-state index >= 15 is 0 Å². The Morgan fingerprint density at radius 2 is 1.70 bits per heavy atom. The van der Waals surface area contributed by atoms with Gasteiger partial charge in [-0.3, -0.25) is 9.69 Å². The lowest BCUT2D eigenvalue weighted by Gasteiger charge is -2.38. The molecular weight excluding hydrogens is 336 g/mol. The maximum absolute atomic E-state index is 12.8. The minimum atomic E-state index is -0.171. The van der Waals surface area contributed by atoms with Gasteiger partial charge in [0, 0.05) is 43.4 Å². The van der Waals surface area contributed by atoms with Crippen molar-refractivity contribution in [3.63, 3.8) is 0 Å². The molecule has 5 nitrogen and oxygen atoms in total. The van der Waals surface area contributed by atoms with E-state index in [0.717, 1.165) is 48.5 Å². The maximum Gasteiger partial charge on any atom is 0.241 e. The summed E-state index contributed by atoms with van der Waals surface area (Å²) in [5.41, 5.74) is 0.872. The number of hydrogen-bond donors (Lipinski definition) is 1. The number of amides is 1. The number of carbonyl (C=O) groups is 1. The highest BCUT2D eigenvalue weighted by Gasteiger charge is 2.26. The van der Waals surface area contributed by atoms with E-state index in [0.29, 0.717) is 0 Å². The normalized spacial score (nSPS) is 16.3. The minimum Gasteiger partial charge on any atom is -0.354 e. The molecule has 1 fully saturated rings. The fraction of sp³-hybridized carbons (Fsp3) is 0.273. The van der Waals surface area contributed by atoms with Gasteiger partial charge in [-0.25, -0.2) is 4.98 Å². The molecule has 138 valence electrons. The molecule has 1 atom stereocenters. The summed E-state index contributed by atoms with van der Waals surface area (Å²) < 4.78 is 0. The van der Waals surface area contributed by atoms with Crippen molar-refractivity contribution in [2.75, 3.05) is 36.4 Å². The summed E-state index contributed by atoms with van der Waals surface area (Å²) in [6.45, 7) is 5.43. The minimum absolute atomic E-state index is 0.0395. The molecule has 27 heavy (non-hydrogen) atoms. The fourth-order valence-corrected chi connectivity index (χ4v) is 3.62. The van der Waals surface area contributed by atoms with Crippen LogP contribution in [0.4, 0.5) is 11.5 Å². The van der Waals surface area contributed by atoms with Gasteiger partial charge in [-0.05, 0) is 30.5 Å². The summed E-state index contributed by atoms with van der Waals surface area (Å²) in [6, 6.07) is 19.9. The van der Waals surface area contributed by atoms with E-state index in [1.54, 1.807) is 0 Å². The summed E-state index contributed by atoms with van der Waals surface area (Å²) in [6.07, 6.45) is 1.82. The first-order valence-electron chi connectivity index (χ1n) is 9.41. The van der Waals surface area contributed by atoms with Gasteiger partial charge in [-0.1, -0.05) is 42.5 Å². The average Bonchev–Trinajstić information content (AvgIpc) is 2.74. The smallest absolute Gasteiger partial charge is 0.241 e. The van der Waals surface area contributed by atoms with Crippen LogP contribution in [0.25, 0.3) is 10.8 Å². The number of pyridine rings is 1. The highest BCUT2D eigenvalue weighted by molar-refractivity contribution is 6.03. The lowest BCUT2D eigenvalue weighted by atomic mass is 10.1. The number of anilines is 2. The molecule has 1 aliphatic rings. The van der Waals surface area contributed by atoms with Gasteiger partial charge in [-0.2, -0.15) is 0 Å². The molecular formula is C22H24N4O. The molecule has 5 heteroatoms. The molecule has 1 aromatic heterocycles. The Kier molecular flexibility index (Phi) is 5.03. The Labute approximate surface area is 159 Å². The number of fused-ring (bicyclic) bond motifs is 1. The van der Waals surface area contributed by atoms with Crippen LogP contribution in [0.1, 0.15) is 6.92 Å². The first-order valence-corrected chi connectivity index (χ1v) is 9.41. The number of piperazine rings is 1. The lowest BCUT2D eigenvalue weighted by molar-refractivity contribution is -0.120. The molecule has 2 aromatic carbocycles. The van der Waals surface area contributed by atoms with E-state index in [2.05, 4.69) is 32.2 Å². The molecule has 0 saturated carbocycles. The zero-order chi connectivity index (χ0) is 18.6. The molecule has 0 unspecified atom stereocenters. The second-order valence-electron chi connectivity index (χ2n) is 6.90. The predicted molar refractivity (Wildman–Crippen MR) is 110 cm³/mol. The number of rotatable bonds is 4. The first-order chi connectivity index (χ1) is 13.2. The summed E-state index contributed by atoms with van der Waals surface area (Å²) in [5, 5.41) is 5.32. The summed E-state index contributed by atoms with van der Waals surface area (Å²) in [4.78, 5) is 21.8. The van der Waals surface area contributed by atoms with Gasteiger partial charge in [0.1, 0.15) is 5.82 Å². The zero-order valence-corrected chi connectivity index (χ0v) is 15.5. The molecule has 0 spiro atoms. The average molecular weight is 360 g/mol. The molecule has 1 amide bonds. The number of hydrogen-bond acceptors (Lipinski definition) is 4. The number of nitrogens with zero attached hydrogens (tertiary/aromatic N) is 3. The SMILES string of the molecule is C[C@H](C(=O)Nc1cccc2ccccc12)N1CCN(c2ccccn2)CC1. The van der Waals surface area contributed by atoms with Crippen molar-refractivity contribution in [1.82, 2.24) is 9.88 Å². The van der Waals surface area contributed by atoms with E-state index in [-0.39, 0.29) is 11.9 Å². The Hall–Kier alpha value is -2.92. The van der Waals surface area contributed by atoms with E-state index < -0.39 is 0 Å². The van der Waals surface area contributed by atoms with Crippen LogP contribution >= 0.6 is 0 Å². The standard InChI is InChI=1S/C22H24N4O/c1-17(25-13-15-26(16-14-25)21-11-4-5-12-23-21)22(27)24-20-10-6-8-18-7-2-3-9-19(18)20/h2-12,17H,13-16H2,1H3,(H,24,27)/t17-/m1/s1. The second kappa shape index (κ2) is 7.76. The molecule has 1 N–H and O–H groups in total. The molecule has 4 rings (SSSR count). The van der Waals surface area contributed by atoms with Crippen LogP contribution in [-0.4, -0.2) is 48.0 Å². The third kappa shape index (κ3) is 3.78. The van der Waals surface area contributed by atoms with Crippen molar-refractivity contribution in [2.45, 2.75) is 13.0 Å². The summed E-state index contributed by atoms with van der Waals surface area (Å²) in [7, 11) is 0. The number of carbonyl (C=O) groups excluding carboxylic acids is 1. The molecule has 0 radical (unpaired) electrons. The predicted octanol–water partition coefficient (Wildman–Crippen LogP) is 3.38. The highest BCUT2D eigenvalue weighted by Crippen LogP contribution is 2.23. The van der Waals surface area contributed by atoms with Crippen LogP contribution in [0.5, 0.6) is 0 Å². The number of aromatic nitrogens is 1. The molecule has 0 bridgehead atoms. The summed E-state index contributed by atoms with van der Waals surface area (Å²) >= 11 is 0. The highest BCUT2D eigenvalue weighted by atomic mass is 16.2. The van der Waals surface area contributed by atoms with Crippen LogP contribution in [0.2, 0.25) is 0 Å². The van der Waals surface area contributed by atoms with Crippen LogP contribution in [-0.2, 0) is 4.79 Å².